The molecule has 14 heavy (non-hydrogen) atoms. The molecular formula is C10H18O4. The Bertz CT molecular complexity index is 204. The second-order valence-electron chi connectivity index (χ2n) is 3.67. The Morgan fingerprint density at radius 3 is 2.71 bits per heavy atom. The third-order valence-corrected chi connectivity index (χ3v) is 2.57. The fraction of sp³-hybridized carbons (Fsp3) is 0.900. The number of carbonyl (C=O) groups excluding carboxylic acids is 1. The van der Waals surface area contributed by atoms with Crippen molar-refractivity contribution >= 4 is 5.78 Å². The van der Waals surface area contributed by atoms with Gasteiger partial charge < -0.3 is 14.6 Å². The zero-order chi connectivity index (χ0) is 10.7. The topological polar surface area (TPSA) is 55.8 Å². The van der Waals surface area contributed by atoms with E-state index < -0.39 is 12.2 Å². The molecule has 4 heteroatoms. The number of aliphatic hydroxyl groups is 1. The van der Waals surface area contributed by atoms with Gasteiger partial charge >= 0.3 is 0 Å². The van der Waals surface area contributed by atoms with Crippen molar-refractivity contribution in [3.05, 3.63) is 0 Å². The van der Waals surface area contributed by atoms with Gasteiger partial charge in [-0.1, -0.05) is 13.3 Å². The summed E-state index contributed by atoms with van der Waals surface area (Å²) in [4.78, 5) is 11.6. The lowest BCUT2D eigenvalue weighted by molar-refractivity contribution is -0.184. The van der Waals surface area contributed by atoms with Gasteiger partial charge in [-0.15, -0.1) is 0 Å². The van der Waals surface area contributed by atoms with E-state index in [1.165, 1.54) is 7.11 Å². The Kier molecular flexibility index (Phi) is 4.04. The molecule has 1 rings (SSSR count). The van der Waals surface area contributed by atoms with Crippen LogP contribution in [0.15, 0.2) is 0 Å². The molecule has 0 aliphatic carbocycles. The summed E-state index contributed by atoms with van der Waals surface area (Å²) < 4.78 is 10.5. The van der Waals surface area contributed by atoms with Crippen LogP contribution in [0.5, 0.6) is 0 Å². The Labute approximate surface area is 84.2 Å². The molecule has 4 unspecified atom stereocenters. The second-order valence-corrected chi connectivity index (χ2v) is 3.67. The molecule has 82 valence electrons. The third kappa shape index (κ3) is 2.13. The lowest BCUT2D eigenvalue weighted by Gasteiger charge is -2.35. The van der Waals surface area contributed by atoms with Crippen molar-refractivity contribution < 1.29 is 19.4 Å². The third-order valence-electron chi connectivity index (χ3n) is 2.57. The van der Waals surface area contributed by atoms with E-state index in [2.05, 4.69) is 0 Å². The van der Waals surface area contributed by atoms with Crippen LogP contribution < -0.4 is 0 Å². The van der Waals surface area contributed by atoms with Crippen LogP contribution in [0.25, 0.3) is 0 Å². The number of methoxy groups -OCH3 is 1. The fourth-order valence-electron chi connectivity index (χ4n) is 1.82. The first kappa shape index (κ1) is 11.6. The highest BCUT2D eigenvalue weighted by Crippen LogP contribution is 2.22. The van der Waals surface area contributed by atoms with Gasteiger partial charge in [-0.05, 0) is 13.3 Å². The molecule has 0 amide bonds. The van der Waals surface area contributed by atoms with Gasteiger partial charge in [0.2, 0.25) is 0 Å². The smallest absolute Gasteiger partial charge is 0.195 e. The SMILES string of the molecule is CCCC1OC(C)C(OC)C(=O)C1O. The van der Waals surface area contributed by atoms with E-state index in [-0.39, 0.29) is 18.0 Å². The minimum absolute atomic E-state index is 0.260. The van der Waals surface area contributed by atoms with Crippen molar-refractivity contribution in [3.8, 4) is 0 Å². The highest BCUT2D eigenvalue weighted by Gasteiger charge is 2.41. The van der Waals surface area contributed by atoms with Crippen molar-refractivity contribution in [2.45, 2.75) is 51.1 Å². The van der Waals surface area contributed by atoms with Gasteiger partial charge in [0.25, 0.3) is 0 Å². The van der Waals surface area contributed by atoms with Crippen LogP contribution in [0.2, 0.25) is 0 Å². The summed E-state index contributed by atoms with van der Waals surface area (Å²) in [6.45, 7) is 3.79. The summed E-state index contributed by atoms with van der Waals surface area (Å²) in [6.07, 6.45) is -0.705. The van der Waals surface area contributed by atoms with Gasteiger partial charge in [-0.3, -0.25) is 4.79 Å². The molecule has 0 aromatic heterocycles. The van der Waals surface area contributed by atoms with E-state index in [0.29, 0.717) is 6.42 Å². The highest BCUT2D eigenvalue weighted by atomic mass is 16.6. The molecule has 4 atom stereocenters. The van der Waals surface area contributed by atoms with Gasteiger partial charge in [0.1, 0.15) is 12.2 Å². The van der Waals surface area contributed by atoms with Crippen molar-refractivity contribution in [1.29, 1.82) is 0 Å². The molecule has 1 saturated heterocycles. The summed E-state index contributed by atoms with van der Waals surface area (Å²) in [5.74, 6) is -0.260. The normalized spacial score (nSPS) is 38.7. The quantitative estimate of drug-likeness (QED) is 0.725. The minimum Gasteiger partial charge on any atom is -0.382 e. The van der Waals surface area contributed by atoms with Gasteiger partial charge in [0.05, 0.1) is 12.2 Å². The van der Waals surface area contributed by atoms with Crippen LogP contribution in [0, 0.1) is 0 Å². The maximum absolute atomic E-state index is 11.6. The van der Waals surface area contributed by atoms with Crippen LogP contribution in [-0.4, -0.2) is 42.4 Å². The Morgan fingerprint density at radius 1 is 1.57 bits per heavy atom. The minimum atomic E-state index is -1.03. The molecule has 4 nitrogen and oxygen atoms in total. The first-order chi connectivity index (χ1) is 6.61. The molecule has 0 bridgehead atoms. The van der Waals surface area contributed by atoms with Gasteiger partial charge in [0, 0.05) is 7.11 Å². The number of ether oxygens (including phenoxy) is 2. The molecule has 1 heterocycles. The predicted molar refractivity (Wildman–Crippen MR) is 51.1 cm³/mol. The first-order valence-corrected chi connectivity index (χ1v) is 5.01. The summed E-state index contributed by atoms with van der Waals surface area (Å²) in [6, 6.07) is 0. The zero-order valence-corrected chi connectivity index (χ0v) is 8.90. The van der Waals surface area contributed by atoms with E-state index in [0.717, 1.165) is 6.42 Å². The average molecular weight is 202 g/mol. The van der Waals surface area contributed by atoms with Crippen LogP contribution in [0.3, 0.4) is 0 Å². The molecular weight excluding hydrogens is 184 g/mol. The maximum atomic E-state index is 11.6. The molecule has 0 spiro atoms. The molecule has 0 saturated carbocycles. The predicted octanol–water partition coefficient (Wildman–Crippen LogP) is 0.519. The summed E-state index contributed by atoms with van der Waals surface area (Å²) >= 11 is 0. The lowest BCUT2D eigenvalue weighted by atomic mass is 9.95. The molecule has 0 aromatic carbocycles. The van der Waals surface area contributed by atoms with Crippen molar-refractivity contribution in [2.24, 2.45) is 0 Å². The number of carbonyl (C=O) groups is 1. The van der Waals surface area contributed by atoms with E-state index in [1.54, 1.807) is 6.92 Å². The van der Waals surface area contributed by atoms with E-state index in [1.807, 2.05) is 6.92 Å². The molecule has 1 aliphatic heterocycles. The van der Waals surface area contributed by atoms with E-state index in [4.69, 9.17) is 9.47 Å². The average Bonchev–Trinajstić information content (AvgIpc) is 2.15. The lowest BCUT2D eigenvalue weighted by Crippen LogP contribution is -2.54. The first-order valence-electron chi connectivity index (χ1n) is 5.01. The number of aliphatic hydroxyl groups excluding tert-OH is 1. The Hall–Kier alpha value is -0.450. The van der Waals surface area contributed by atoms with Crippen LogP contribution >= 0.6 is 0 Å². The zero-order valence-electron chi connectivity index (χ0n) is 8.90. The van der Waals surface area contributed by atoms with Crippen LogP contribution in [0.4, 0.5) is 0 Å². The van der Waals surface area contributed by atoms with E-state index in [9.17, 15) is 9.90 Å². The van der Waals surface area contributed by atoms with Gasteiger partial charge in [-0.2, -0.15) is 0 Å². The summed E-state index contributed by atoms with van der Waals surface area (Å²) in [5.41, 5.74) is 0. The maximum Gasteiger partial charge on any atom is 0.195 e. The number of hydrogen-bond acceptors (Lipinski definition) is 4. The molecule has 0 aromatic rings. The monoisotopic (exact) mass is 202 g/mol. The Morgan fingerprint density at radius 2 is 2.21 bits per heavy atom. The summed E-state index contributed by atoms with van der Waals surface area (Å²) in [7, 11) is 1.45. The fourth-order valence-corrected chi connectivity index (χ4v) is 1.82. The molecule has 1 N–H and O–H groups in total. The molecule has 1 aliphatic rings. The van der Waals surface area contributed by atoms with Crippen LogP contribution in [-0.2, 0) is 14.3 Å². The number of Topliss-reactive ketones (excluding diaryl/α,β-unsaturated/α-hetero) is 1. The van der Waals surface area contributed by atoms with Crippen molar-refractivity contribution in [2.75, 3.05) is 7.11 Å². The van der Waals surface area contributed by atoms with Crippen molar-refractivity contribution in [3.63, 3.8) is 0 Å². The highest BCUT2D eigenvalue weighted by molar-refractivity contribution is 5.89. The van der Waals surface area contributed by atoms with Crippen molar-refractivity contribution in [1.82, 2.24) is 0 Å². The van der Waals surface area contributed by atoms with Gasteiger partial charge in [-0.25, -0.2) is 0 Å². The van der Waals surface area contributed by atoms with E-state index >= 15 is 0 Å². The Balaban J connectivity index is 2.67. The summed E-state index contributed by atoms with van der Waals surface area (Å²) in [5, 5.41) is 9.63. The number of hydrogen-bond donors (Lipinski definition) is 1. The van der Waals surface area contributed by atoms with Crippen LogP contribution in [0.1, 0.15) is 26.7 Å². The molecule has 0 radical (unpaired) electrons. The number of rotatable bonds is 3. The molecule has 1 fully saturated rings. The standard InChI is InChI=1S/C10H18O4/c1-4-5-7-8(11)9(12)10(13-3)6(2)14-7/h6-8,10-11H,4-5H2,1-3H3. The second kappa shape index (κ2) is 4.87. The van der Waals surface area contributed by atoms with Gasteiger partial charge in [0.15, 0.2) is 5.78 Å². The number of ketones is 1. The largest absolute Gasteiger partial charge is 0.382 e.